The van der Waals surface area contributed by atoms with Gasteiger partial charge in [-0.15, -0.1) is 12.4 Å². The van der Waals surface area contributed by atoms with Crippen molar-refractivity contribution in [1.29, 1.82) is 0 Å². The maximum absolute atomic E-state index is 12.4. The summed E-state index contributed by atoms with van der Waals surface area (Å²) in [4.78, 5) is 0.369. The summed E-state index contributed by atoms with van der Waals surface area (Å²) in [5.41, 5.74) is 6.96. The first-order chi connectivity index (χ1) is 8.95. The van der Waals surface area contributed by atoms with Gasteiger partial charge < -0.3 is 5.73 Å². The molecule has 1 saturated heterocycles. The number of halogens is 1. The summed E-state index contributed by atoms with van der Waals surface area (Å²) >= 11 is 0. The van der Waals surface area contributed by atoms with Gasteiger partial charge in [0.15, 0.2) is 0 Å². The van der Waals surface area contributed by atoms with Crippen LogP contribution in [-0.4, -0.2) is 31.9 Å². The first-order valence-corrected chi connectivity index (χ1v) is 8.25. The third-order valence-corrected chi connectivity index (χ3v) is 5.77. The Bertz CT molecular complexity index is 531. The van der Waals surface area contributed by atoms with Gasteiger partial charge in [-0.25, -0.2) is 8.42 Å². The predicted molar refractivity (Wildman–Crippen MR) is 83.7 cm³/mol. The van der Waals surface area contributed by atoms with Crippen LogP contribution in [0, 0.1) is 0 Å². The van der Waals surface area contributed by atoms with Crippen LogP contribution < -0.4 is 5.73 Å². The van der Waals surface area contributed by atoms with Crippen LogP contribution in [-0.2, 0) is 10.0 Å². The van der Waals surface area contributed by atoms with E-state index in [0.717, 1.165) is 12.8 Å². The summed E-state index contributed by atoms with van der Waals surface area (Å²) in [5, 5.41) is 0. The van der Waals surface area contributed by atoms with Crippen LogP contribution in [0.5, 0.6) is 0 Å². The maximum Gasteiger partial charge on any atom is 0.243 e. The normalized spacial score (nSPS) is 21.4. The lowest BCUT2D eigenvalue weighted by atomic mass is 9.99. The second kappa shape index (κ2) is 6.89. The lowest BCUT2D eigenvalue weighted by molar-refractivity contribution is 0.472. The molecular formula is C14H23ClN2O2S. The highest BCUT2D eigenvalue weighted by Gasteiger charge is 2.30. The van der Waals surface area contributed by atoms with Gasteiger partial charge in [-0.1, -0.05) is 26.0 Å². The largest absolute Gasteiger partial charge is 0.326 e. The SMILES string of the molecule is CCC(C)c1ccc(S(=O)(=O)N2CC[C@H](N)C2)cc1.Cl. The van der Waals surface area contributed by atoms with Crippen molar-refractivity contribution in [1.82, 2.24) is 4.31 Å². The average molecular weight is 319 g/mol. The smallest absolute Gasteiger partial charge is 0.243 e. The van der Waals surface area contributed by atoms with Gasteiger partial charge in [-0.05, 0) is 36.5 Å². The van der Waals surface area contributed by atoms with E-state index in [0.29, 0.717) is 23.9 Å². The molecule has 20 heavy (non-hydrogen) atoms. The van der Waals surface area contributed by atoms with Crippen LogP contribution in [0.1, 0.15) is 38.2 Å². The molecule has 0 saturated carbocycles. The van der Waals surface area contributed by atoms with Gasteiger partial charge in [0, 0.05) is 19.1 Å². The number of hydrogen-bond acceptors (Lipinski definition) is 3. The fourth-order valence-corrected chi connectivity index (χ4v) is 3.84. The molecule has 1 aromatic carbocycles. The van der Waals surface area contributed by atoms with Gasteiger partial charge in [-0.3, -0.25) is 0 Å². The van der Waals surface area contributed by atoms with Crippen LogP contribution in [0.4, 0.5) is 0 Å². The molecule has 6 heteroatoms. The van der Waals surface area contributed by atoms with Crippen LogP contribution in [0.2, 0.25) is 0 Å². The number of nitrogens with two attached hydrogens (primary N) is 1. The summed E-state index contributed by atoms with van der Waals surface area (Å²) in [5.74, 6) is 0.456. The second-order valence-corrected chi connectivity index (χ2v) is 7.23. The molecule has 0 aromatic heterocycles. The first kappa shape index (κ1) is 17.4. The van der Waals surface area contributed by atoms with E-state index in [-0.39, 0.29) is 18.4 Å². The molecule has 0 aliphatic carbocycles. The molecule has 1 aliphatic rings. The zero-order valence-corrected chi connectivity index (χ0v) is 13.6. The molecule has 4 nitrogen and oxygen atoms in total. The Morgan fingerprint density at radius 3 is 2.40 bits per heavy atom. The second-order valence-electron chi connectivity index (χ2n) is 5.29. The molecule has 1 unspecified atom stereocenters. The Kier molecular flexibility index (Phi) is 6.01. The van der Waals surface area contributed by atoms with Crippen molar-refractivity contribution in [2.75, 3.05) is 13.1 Å². The zero-order valence-electron chi connectivity index (χ0n) is 12.0. The minimum atomic E-state index is -3.37. The molecule has 0 radical (unpaired) electrons. The predicted octanol–water partition coefficient (Wildman–Crippen LogP) is 2.34. The molecule has 0 spiro atoms. The van der Waals surface area contributed by atoms with Crippen molar-refractivity contribution in [2.24, 2.45) is 5.73 Å². The van der Waals surface area contributed by atoms with Gasteiger partial charge >= 0.3 is 0 Å². The maximum atomic E-state index is 12.4. The van der Waals surface area contributed by atoms with Crippen LogP contribution in [0.15, 0.2) is 29.2 Å². The van der Waals surface area contributed by atoms with Crippen molar-refractivity contribution in [3.63, 3.8) is 0 Å². The van der Waals surface area contributed by atoms with E-state index in [9.17, 15) is 8.42 Å². The Balaban J connectivity index is 0.00000200. The van der Waals surface area contributed by atoms with Crippen molar-refractivity contribution < 1.29 is 8.42 Å². The molecule has 2 atom stereocenters. The van der Waals surface area contributed by atoms with Crippen molar-refractivity contribution >= 4 is 22.4 Å². The van der Waals surface area contributed by atoms with Crippen LogP contribution >= 0.6 is 12.4 Å². The van der Waals surface area contributed by atoms with Gasteiger partial charge in [0.2, 0.25) is 10.0 Å². The summed E-state index contributed by atoms with van der Waals surface area (Å²) < 4.78 is 26.3. The highest BCUT2D eigenvalue weighted by Crippen LogP contribution is 2.24. The molecule has 2 rings (SSSR count). The van der Waals surface area contributed by atoms with Crippen molar-refractivity contribution in [3.8, 4) is 0 Å². The minimum absolute atomic E-state index is 0. The van der Waals surface area contributed by atoms with Gasteiger partial charge in [0.25, 0.3) is 0 Å². The Morgan fingerprint density at radius 2 is 1.95 bits per heavy atom. The molecule has 1 aliphatic heterocycles. The Morgan fingerprint density at radius 1 is 1.35 bits per heavy atom. The molecule has 2 N–H and O–H groups in total. The number of hydrogen-bond donors (Lipinski definition) is 1. The van der Waals surface area contributed by atoms with E-state index in [1.165, 1.54) is 9.87 Å². The van der Waals surface area contributed by atoms with Crippen LogP contribution in [0.25, 0.3) is 0 Å². The molecule has 0 bridgehead atoms. The van der Waals surface area contributed by atoms with E-state index >= 15 is 0 Å². The van der Waals surface area contributed by atoms with Crippen molar-refractivity contribution in [3.05, 3.63) is 29.8 Å². The summed E-state index contributed by atoms with van der Waals surface area (Å²) in [6.45, 7) is 5.22. The highest BCUT2D eigenvalue weighted by molar-refractivity contribution is 7.89. The third-order valence-electron chi connectivity index (χ3n) is 3.89. The molecule has 0 amide bonds. The zero-order chi connectivity index (χ0) is 14.0. The third kappa shape index (κ3) is 3.52. The number of nitrogens with zero attached hydrogens (tertiary/aromatic N) is 1. The lowest BCUT2D eigenvalue weighted by Gasteiger charge is -2.16. The fraction of sp³-hybridized carbons (Fsp3) is 0.571. The van der Waals surface area contributed by atoms with Gasteiger partial charge in [0.05, 0.1) is 4.90 Å². The Hall–Kier alpha value is -0.620. The summed E-state index contributed by atoms with van der Waals surface area (Å²) in [6.07, 6.45) is 1.79. The highest BCUT2D eigenvalue weighted by atomic mass is 35.5. The van der Waals surface area contributed by atoms with E-state index in [2.05, 4.69) is 13.8 Å². The summed E-state index contributed by atoms with van der Waals surface area (Å²) in [7, 11) is -3.37. The minimum Gasteiger partial charge on any atom is -0.326 e. The van der Waals surface area contributed by atoms with E-state index in [1.807, 2.05) is 12.1 Å². The number of sulfonamides is 1. The average Bonchev–Trinajstić information content (AvgIpc) is 2.85. The number of benzene rings is 1. The molecule has 1 heterocycles. The summed E-state index contributed by atoms with van der Waals surface area (Å²) in [6, 6.07) is 7.21. The van der Waals surface area contributed by atoms with Gasteiger partial charge in [0.1, 0.15) is 0 Å². The van der Waals surface area contributed by atoms with Gasteiger partial charge in [-0.2, -0.15) is 4.31 Å². The fourth-order valence-electron chi connectivity index (χ4n) is 2.33. The molecular weight excluding hydrogens is 296 g/mol. The molecule has 1 fully saturated rings. The standard InChI is InChI=1S/C14H22N2O2S.ClH/c1-3-11(2)12-4-6-14(7-5-12)19(17,18)16-9-8-13(15)10-16;/h4-7,11,13H,3,8-10,15H2,1-2H3;1H/t11?,13-;/m0./s1. The first-order valence-electron chi connectivity index (χ1n) is 6.81. The molecule has 114 valence electrons. The van der Waals surface area contributed by atoms with Crippen LogP contribution in [0.3, 0.4) is 0 Å². The van der Waals surface area contributed by atoms with E-state index in [4.69, 9.17) is 5.73 Å². The lowest BCUT2D eigenvalue weighted by Crippen LogP contribution is -2.31. The number of rotatable bonds is 4. The topological polar surface area (TPSA) is 63.4 Å². The molecule has 1 aromatic rings. The van der Waals surface area contributed by atoms with Crippen molar-refractivity contribution in [2.45, 2.75) is 43.5 Å². The monoisotopic (exact) mass is 318 g/mol. The Labute approximate surface area is 127 Å². The quantitative estimate of drug-likeness (QED) is 0.926. The van der Waals surface area contributed by atoms with E-state index in [1.54, 1.807) is 12.1 Å². The van der Waals surface area contributed by atoms with E-state index < -0.39 is 10.0 Å².